The number of anilines is 1. The molecule has 0 unspecified atom stereocenters. The lowest BCUT2D eigenvalue weighted by molar-refractivity contribution is 0.284. The van der Waals surface area contributed by atoms with E-state index in [0.29, 0.717) is 32.1 Å². The molecular weight excluding hydrogens is 419 g/mol. The van der Waals surface area contributed by atoms with Crippen LogP contribution in [0.1, 0.15) is 11.1 Å². The number of nitrogens with one attached hydrogen (secondary N) is 1. The Labute approximate surface area is 178 Å². The summed E-state index contributed by atoms with van der Waals surface area (Å²) in [5.74, 6) is 1.13. The molecule has 144 valence electrons. The fourth-order valence-corrected chi connectivity index (χ4v) is 3.09. The maximum Gasteiger partial charge on any atom is 0.161 e. The number of ether oxygens (including phenoxy) is 2. The predicted molar refractivity (Wildman–Crippen MR) is 116 cm³/mol. The highest BCUT2D eigenvalue weighted by atomic mass is 35.5. The number of hydrogen-bond donors (Lipinski definition) is 1. The molecule has 0 amide bonds. The van der Waals surface area contributed by atoms with E-state index in [1.165, 1.54) is 0 Å². The quantitative estimate of drug-likeness (QED) is 0.256. The maximum atomic E-state index is 6.22. The van der Waals surface area contributed by atoms with Crippen LogP contribution >= 0.6 is 34.8 Å². The van der Waals surface area contributed by atoms with E-state index in [4.69, 9.17) is 44.3 Å². The van der Waals surface area contributed by atoms with Crippen LogP contribution in [0.3, 0.4) is 0 Å². The summed E-state index contributed by atoms with van der Waals surface area (Å²) < 4.78 is 11.3. The number of halogens is 3. The third-order valence-electron chi connectivity index (χ3n) is 3.88. The molecule has 0 aliphatic rings. The number of hydrazone groups is 1. The van der Waals surface area contributed by atoms with E-state index in [1.54, 1.807) is 31.5 Å². The first-order valence-corrected chi connectivity index (χ1v) is 9.49. The molecule has 28 heavy (non-hydrogen) atoms. The largest absolute Gasteiger partial charge is 0.493 e. The second-order valence-corrected chi connectivity index (χ2v) is 6.95. The van der Waals surface area contributed by atoms with Crippen LogP contribution in [0, 0.1) is 0 Å². The number of benzene rings is 3. The van der Waals surface area contributed by atoms with Gasteiger partial charge >= 0.3 is 0 Å². The summed E-state index contributed by atoms with van der Waals surface area (Å²) in [6.45, 7) is 0.164. The Kier molecular flexibility index (Phi) is 7.04. The number of hydrogen-bond acceptors (Lipinski definition) is 4. The second-order valence-electron chi connectivity index (χ2n) is 5.76. The van der Waals surface area contributed by atoms with Gasteiger partial charge in [-0.2, -0.15) is 5.10 Å². The van der Waals surface area contributed by atoms with Crippen molar-refractivity contribution in [1.29, 1.82) is 0 Å². The summed E-state index contributed by atoms with van der Waals surface area (Å²) in [6.07, 6.45) is 1.70. The van der Waals surface area contributed by atoms with Crippen LogP contribution in [0.2, 0.25) is 15.1 Å². The average molecular weight is 436 g/mol. The first-order chi connectivity index (χ1) is 13.6. The van der Waals surface area contributed by atoms with Gasteiger partial charge in [0, 0.05) is 10.6 Å². The highest BCUT2D eigenvalue weighted by Gasteiger charge is 2.12. The normalized spacial score (nSPS) is 10.9. The van der Waals surface area contributed by atoms with Crippen LogP contribution in [0.25, 0.3) is 0 Å². The highest BCUT2D eigenvalue weighted by Crippen LogP contribution is 2.34. The van der Waals surface area contributed by atoms with Gasteiger partial charge in [0.05, 0.1) is 29.1 Å². The Bertz CT molecular complexity index is 979. The predicted octanol–water partition coefficient (Wildman–Crippen LogP) is 6.68. The average Bonchev–Trinajstić information content (AvgIpc) is 2.72. The Hall–Kier alpha value is -2.40. The summed E-state index contributed by atoms with van der Waals surface area (Å²) in [6, 6.07) is 18.5. The van der Waals surface area contributed by atoms with Crippen LogP contribution in [-0.2, 0) is 6.61 Å². The number of para-hydroxylation sites is 1. The van der Waals surface area contributed by atoms with Crippen molar-refractivity contribution in [2.24, 2.45) is 5.10 Å². The summed E-state index contributed by atoms with van der Waals surface area (Å²) in [5.41, 5.74) is 5.34. The van der Waals surface area contributed by atoms with Gasteiger partial charge in [-0.25, -0.2) is 0 Å². The van der Waals surface area contributed by atoms with Crippen LogP contribution in [0.5, 0.6) is 11.5 Å². The topological polar surface area (TPSA) is 42.8 Å². The van der Waals surface area contributed by atoms with Crippen LogP contribution in [-0.4, -0.2) is 13.3 Å². The lowest BCUT2D eigenvalue weighted by Gasteiger charge is -2.13. The van der Waals surface area contributed by atoms with E-state index in [-0.39, 0.29) is 6.61 Å². The van der Waals surface area contributed by atoms with Gasteiger partial charge in [-0.05, 0) is 48.0 Å². The van der Waals surface area contributed by atoms with E-state index in [1.807, 2.05) is 42.5 Å². The summed E-state index contributed by atoms with van der Waals surface area (Å²) in [5, 5.41) is 5.52. The van der Waals surface area contributed by atoms with Crippen molar-refractivity contribution in [3.8, 4) is 11.5 Å². The summed E-state index contributed by atoms with van der Waals surface area (Å²) in [4.78, 5) is 0. The van der Waals surface area contributed by atoms with Gasteiger partial charge in [0.2, 0.25) is 0 Å². The lowest BCUT2D eigenvalue weighted by atomic mass is 10.2. The van der Waals surface area contributed by atoms with E-state index in [9.17, 15) is 0 Å². The van der Waals surface area contributed by atoms with Crippen molar-refractivity contribution in [1.82, 2.24) is 0 Å². The molecule has 4 nitrogen and oxygen atoms in total. The molecule has 1 N–H and O–H groups in total. The Morgan fingerprint density at radius 3 is 2.43 bits per heavy atom. The second kappa shape index (κ2) is 9.69. The lowest BCUT2D eigenvalue weighted by Crippen LogP contribution is -2.00. The number of nitrogens with zero attached hydrogens (tertiary/aromatic N) is 1. The van der Waals surface area contributed by atoms with E-state index >= 15 is 0 Å². The van der Waals surface area contributed by atoms with Crippen molar-refractivity contribution in [2.75, 3.05) is 12.5 Å². The van der Waals surface area contributed by atoms with Crippen LogP contribution in [0.4, 0.5) is 5.69 Å². The van der Waals surface area contributed by atoms with Gasteiger partial charge in [-0.15, -0.1) is 0 Å². The van der Waals surface area contributed by atoms with Gasteiger partial charge in [0.25, 0.3) is 0 Å². The fourth-order valence-electron chi connectivity index (χ4n) is 2.43. The zero-order valence-electron chi connectivity index (χ0n) is 15.0. The van der Waals surface area contributed by atoms with Gasteiger partial charge < -0.3 is 9.47 Å². The molecule has 0 bridgehead atoms. The number of rotatable bonds is 7. The molecule has 0 saturated heterocycles. The highest BCUT2D eigenvalue weighted by molar-refractivity contribution is 6.44. The smallest absolute Gasteiger partial charge is 0.161 e. The van der Waals surface area contributed by atoms with E-state index < -0.39 is 0 Å². The van der Waals surface area contributed by atoms with Crippen LogP contribution in [0.15, 0.2) is 65.8 Å². The van der Waals surface area contributed by atoms with E-state index in [2.05, 4.69) is 10.5 Å². The molecule has 0 heterocycles. The minimum atomic E-state index is 0.164. The molecule has 0 aromatic heterocycles. The number of methoxy groups -OCH3 is 1. The minimum absolute atomic E-state index is 0.164. The summed E-state index contributed by atoms with van der Waals surface area (Å²) >= 11 is 18.5. The molecule has 0 aliphatic carbocycles. The SMILES string of the molecule is COc1cc(/C=N/Nc2ccccc2)ccc1OCc1c(Cl)ccc(Cl)c1Cl. The van der Waals surface area contributed by atoms with Crippen molar-refractivity contribution >= 4 is 46.7 Å². The molecular formula is C21H17Cl3N2O2. The van der Waals surface area contributed by atoms with Gasteiger partial charge in [-0.3, -0.25) is 5.43 Å². The first-order valence-electron chi connectivity index (χ1n) is 8.36. The molecule has 0 atom stereocenters. The van der Waals surface area contributed by atoms with Gasteiger partial charge in [0.1, 0.15) is 6.61 Å². The zero-order valence-corrected chi connectivity index (χ0v) is 17.2. The Morgan fingerprint density at radius 1 is 0.929 bits per heavy atom. The first kappa shape index (κ1) is 20.3. The Balaban J connectivity index is 1.70. The molecule has 0 spiro atoms. The van der Waals surface area contributed by atoms with Crippen molar-refractivity contribution < 1.29 is 9.47 Å². The van der Waals surface area contributed by atoms with Crippen molar-refractivity contribution in [3.63, 3.8) is 0 Å². The van der Waals surface area contributed by atoms with Gasteiger partial charge in [0.15, 0.2) is 11.5 Å². The monoisotopic (exact) mass is 434 g/mol. The maximum absolute atomic E-state index is 6.22. The fraction of sp³-hybridized carbons (Fsp3) is 0.0952. The third kappa shape index (κ3) is 5.10. The molecule has 0 radical (unpaired) electrons. The van der Waals surface area contributed by atoms with Crippen LogP contribution < -0.4 is 14.9 Å². The van der Waals surface area contributed by atoms with Crippen molar-refractivity contribution in [3.05, 3.63) is 86.9 Å². The minimum Gasteiger partial charge on any atom is -0.493 e. The molecule has 3 rings (SSSR count). The Morgan fingerprint density at radius 2 is 1.68 bits per heavy atom. The molecule has 7 heteroatoms. The molecule has 0 saturated carbocycles. The molecule has 3 aromatic carbocycles. The molecule has 0 aliphatic heterocycles. The zero-order chi connectivity index (χ0) is 19.9. The molecule has 0 fully saturated rings. The van der Waals surface area contributed by atoms with Gasteiger partial charge in [-0.1, -0.05) is 53.0 Å². The third-order valence-corrected chi connectivity index (χ3v) is 5.08. The molecule has 3 aromatic rings. The van der Waals surface area contributed by atoms with E-state index in [0.717, 1.165) is 11.3 Å². The van der Waals surface area contributed by atoms with Crippen molar-refractivity contribution in [2.45, 2.75) is 6.61 Å². The standard InChI is InChI=1S/C21H17Cl3N2O2/c1-27-20-11-14(12-25-26-15-5-3-2-4-6-15)7-10-19(20)28-13-16-17(22)8-9-18(23)21(16)24/h2-12,26H,13H2,1H3/b25-12+. The summed E-state index contributed by atoms with van der Waals surface area (Å²) in [7, 11) is 1.57.